The molecule has 24 heavy (non-hydrogen) atoms. The SMILES string of the molecule is COc1ccc(C2Sc3ccccc3N(CCN)C(=O)C2O)cc1. The number of para-hydroxylation sites is 1. The largest absolute Gasteiger partial charge is 0.497 e. The van der Waals surface area contributed by atoms with Gasteiger partial charge in [0.15, 0.2) is 0 Å². The number of benzene rings is 2. The van der Waals surface area contributed by atoms with E-state index in [1.807, 2.05) is 48.5 Å². The Morgan fingerprint density at radius 3 is 2.58 bits per heavy atom. The molecular formula is C18H20N2O3S. The minimum Gasteiger partial charge on any atom is -0.497 e. The zero-order valence-corrected chi connectivity index (χ0v) is 14.2. The molecule has 0 saturated carbocycles. The maximum atomic E-state index is 12.8. The van der Waals surface area contributed by atoms with Crippen molar-refractivity contribution in [2.24, 2.45) is 5.73 Å². The maximum absolute atomic E-state index is 12.8. The molecule has 3 rings (SSSR count). The summed E-state index contributed by atoms with van der Waals surface area (Å²) in [5.74, 6) is 0.419. The summed E-state index contributed by atoms with van der Waals surface area (Å²) in [6, 6.07) is 15.1. The van der Waals surface area contributed by atoms with Crippen LogP contribution in [0.5, 0.6) is 5.75 Å². The van der Waals surface area contributed by atoms with Crippen LogP contribution in [0.3, 0.4) is 0 Å². The van der Waals surface area contributed by atoms with E-state index in [-0.39, 0.29) is 11.2 Å². The van der Waals surface area contributed by atoms with Crippen LogP contribution in [0.25, 0.3) is 0 Å². The average molecular weight is 344 g/mol. The summed E-state index contributed by atoms with van der Waals surface area (Å²) in [5.41, 5.74) is 7.34. The first-order valence-corrected chi connectivity index (χ1v) is 8.63. The molecule has 0 saturated heterocycles. The highest BCUT2D eigenvalue weighted by molar-refractivity contribution is 7.99. The molecule has 0 fully saturated rings. The Hall–Kier alpha value is -2.02. The number of nitrogens with two attached hydrogens (primary N) is 1. The number of aliphatic hydroxyl groups is 1. The number of methoxy groups -OCH3 is 1. The molecule has 1 amide bonds. The third kappa shape index (κ3) is 3.13. The van der Waals surface area contributed by atoms with Gasteiger partial charge in [0, 0.05) is 18.0 Å². The van der Waals surface area contributed by atoms with E-state index >= 15 is 0 Å². The van der Waals surface area contributed by atoms with Crippen LogP contribution in [0, 0.1) is 0 Å². The number of amides is 1. The first kappa shape index (κ1) is 16.8. The van der Waals surface area contributed by atoms with Gasteiger partial charge >= 0.3 is 0 Å². The summed E-state index contributed by atoms with van der Waals surface area (Å²) in [6.07, 6.45) is -1.14. The van der Waals surface area contributed by atoms with Crippen molar-refractivity contribution in [1.29, 1.82) is 0 Å². The number of carbonyl (C=O) groups excluding carboxylic acids is 1. The van der Waals surface area contributed by atoms with Gasteiger partial charge < -0.3 is 20.5 Å². The Kier molecular flexibility index (Phi) is 5.08. The van der Waals surface area contributed by atoms with E-state index in [1.54, 1.807) is 12.0 Å². The van der Waals surface area contributed by atoms with Crippen LogP contribution in [0.1, 0.15) is 10.8 Å². The van der Waals surface area contributed by atoms with E-state index in [2.05, 4.69) is 0 Å². The second-order valence-corrected chi connectivity index (χ2v) is 6.69. The van der Waals surface area contributed by atoms with Crippen molar-refractivity contribution >= 4 is 23.4 Å². The molecule has 1 aliphatic heterocycles. The molecular weight excluding hydrogens is 324 g/mol. The zero-order valence-electron chi connectivity index (χ0n) is 13.4. The number of hydrogen-bond donors (Lipinski definition) is 2. The van der Waals surface area contributed by atoms with E-state index in [0.717, 1.165) is 21.9 Å². The number of rotatable bonds is 4. The molecule has 0 radical (unpaired) electrons. The highest BCUT2D eigenvalue weighted by Gasteiger charge is 2.36. The molecule has 2 aromatic carbocycles. The molecule has 0 spiro atoms. The van der Waals surface area contributed by atoms with Gasteiger partial charge in [0.2, 0.25) is 0 Å². The number of anilines is 1. The maximum Gasteiger partial charge on any atom is 0.257 e. The highest BCUT2D eigenvalue weighted by Crippen LogP contribution is 2.45. The first-order valence-electron chi connectivity index (χ1n) is 7.75. The number of thioether (sulfide) groups is 1. The Morgan fingerprint density at radius 2 is 1.92 bits per heavy atom. The zero-order chi connectivity index (χ0) is 17.1. The van der Waals surface area contributed by atoms with Gasteiger partial charge in [-0.1, -0.05) is 24.3 Å². The molecule has 1 heterocycles. The van der Waals surface area contributed by atoms with Crippen LogP contribution < -0.4 is 15.4 Å². The second-order valence-electron chi connectivity index (χ2n) is 5.50. The van der Waals surface area contributed by atoms with Crippen LogP contribution in [0.4, 0.5) is 5.69 Å². The number of ether oxygens (including phenoxy) is 1. The van der Waals surface area contributed by atoms with Gasteiger partial charge in [-0.2, -0.15) is 0 Å². The lowest BCUT2D eigenvalue weighted by molar-refractivity contribution is -0.126. The van der Waals surface area contributed by atoms with E-state index in [0.29, 0.717) is 13.1 Å². The van der Waals surface area contributed by atoms with Crippen molar-refractivity contribution in [2.75, 3.05) is 25.1 Å². The Morgan fingerprint density at radius 1 is 1.21 bits per heavy atom. The minimum absolute atomic E-state index is 0.321. The Labute approximate surface area is 145 Å². The van der Waals surface area contributed by atoms with E-state index in [9.17, 15) is 9.90 Å². The van der Waals surface area contributed by atoms with Gasteiger partial charge in [0.05, 0.1) is 18.0 Å². The molecule has 0 bridgehead atoms. The van der Waals surface area contributed by atoms with Crippen molar-refractivity contribution in [3.05, 3.63) is 54.1 Å². The number of aliphatic hydroxyl groups excluding tert-OH is 1. The minimum atomic E-state index is -1.14. The quantitative estimate of drug-likeness (QED) is 0.889. The lowest BCUT2D eigenvalue weighted by Gasteiger charge is -2.24. The number of carbonyl (C=O) groups is 1. The van der Waals surface area contributed by atoms with Gasteiger partial charge in [0.1, 0.15) is 11.9 Å². The second kappa shape index (κ2) is 7.25. The third-order valence-corrected chi connectivity index (χ3v) is 5.40. The lowest BCUT2D eigenvalue weighted by Crippen LogP contribution is -2.42. The van der Waals surface area contributed by atoms with Gasteiger partial charge in [-0.15, -0.1) is 11.8 Å². The van der Waals surface area contributed by atoms with Crippen molar-refractivity contribution < 1.29 is 14.6 Å². The van der Waals surface area contributed by atoms with Crippen molar-refractivity contribution in [3.63, 3.8) is 0 Å². The molecule has 3 N–H and O–H groups in total. The fourth-order valence-electron chi connectivity index (χ4n) is 2.79. The first-order chi connectivity index (χ1) is 11.7. The van der Waals surface area contributed by atoms with Gasteiger partial charge in [-0.05, 0) is 29.8 Å². The van der Waals surface area contributed by atoms with E-state index in [1.165, 1.54) is 11.8 Å². The summed E-state index contributed by atoms with van der Waals surface area (Å²) < 4.78 is 5.18. The summed E-state index contributed by atoms with van der Waals surface area (Å²) >= 11 is 1.49. The molecule has 2 aromatic rings. The Balaban J connectivity index is 2.02. The summed E-state index contributed by atoms with van der Waals surface area (Å²) in [7, 11) is 1.61. The fourth-order valence-corrected chi connectivity index (χ4v) is 4.06. The van der Waals surface area contributed by atoms with Crippen LogP contribution in [-0.2, 0) is 4.79 Å². The van der Waals surface area contributed by atoms with Crippen LogP contribution in [-0.4, -0.2) is 37.3 Å². The number of nitrogens with zero attached hydrogens (tertiary/aromatic N) is 1. The lowest BCUT2D eigenvalue weighted by atomic mass is 10.1. The van der Waals surface area contributed by atoms with Crippen LogP contribution in [0.15, 0.2) is 53.4 Å². The highest BCUT2D eigenvalue weighted by atomic mass is 32.2. The fraction of sp³-hybridized carbons (Fsp3) is 0.278. The third-order valence-electron chi connectivity index (χ3n) is 4.01. The normalized spacial score (nSPS) is 20.5. The summed E-state index contributed by atoms with van der Waals surface area (Å²) in [6.45, 7) is 0.716. The van der Waals surface area contributed by atoms with Gasteiger partial charge in [-0.3, -0.25) is 4.79 Å². The van der Waals surface area contributed by atoms with Gasteiger partial charge in [0.25, 0.3) is 5.91 Å². The van der Waals surface area contributed by atoms with Crippen LogP contribution in [0.2, 0.25) is 0 Å². The topological polar surface area (TPSA) is 75.8 Å². The molecule has 0 aliphatic carbocycles. The molecule has 2 unspecified atom stereocenters. The molecule has 6 heteroatoms. The summed E-state index contributed by atoms with van der Waals surface area (Å²) in [4.78, 5) is 15.3. The smallest absolute Gasteiger partial charge is 0.257 e. The summed E-state index contributed by atoms with van der Waals surface area (Å²) in [5, 5.41) is 10.3. The van der Waals surface area contributed by atoms with Gasteiger partial charge in [-0.25, -0.2) is 0 Å². The number of hydrogen-bond acceptors (Lipinski definition) is 5. The predicted molar refractivity (Wildman–Crippen MR) is 95.4 cm³/mol. The molecule has 0 aromatic heterocycles. The van der Waals surface area contributed by atoms with Crippen molar-refractivity contribution in [3.8, 4) is 5.75 Å². The average Bonchev–Trinajstić information content (AvgIpc) is 2.73. The monoisotopic (exact) mass is 344 g/mol. The van der Waals surface area contributed by atoms with E-state index in [4.69, 9.17) is 10.5 Å². The number of fused-ring (bicyclic) bond motifs is 1. The molecule has 1 aliphatic rings. The molecule has 5 nitrogen and oxygen atoms in total. The Bertz CT molecular complexity index is 720. The van der Waals surface area contributed by atoms with Crippen molar-refractivity contribution in [2.45, 2.75) is 16.2 Å². The molecule has 2 atom stereocenters. The predicted octanol–water partition coefficient (Wildman–Crippen LogP) is 2.19. The van der Waals surface area contributed by atoms with E-state index < -0.39 is 6.10 Å². The standard InChI is InChI=1S/C18H20N2O3S/c1-23-13-8-6-12(7-9-13)17-16(21)18(22)20(11-10-19)14-4-2-3-5-15(14)24-17/h2-9,16-17,21H,10-11,19H2,1H3. The van der Waals surface area contributed by atoms with Crippen molar-refractivity contribution in [1.82, 2.24) is 0 Å². The molecule has 126 valence electrons. The van der Waals surface area contributed by atoms with Crippen LogP contribution >= 0.6 is 11.8 Å².